The predicted octanol–water partition coefficient (Wildman–Crippen LogP) is 4.52. The Hall–Kier alpha value is -3.28. The highest BCUT2D eigenvalue weighted by molar-refractivity contribution is 5.98. The van der Waals surface area contributed by atoms with Crippen LogP contribution in [-0.2, 0) is 9.59 Å². The normalized spacial score (nSPS) is 11.0. The van der Waals surface area contributed by atoms with Crippen molar-refractivity contribution < 1.29 is 19.1 Å². The first kappa shape index (κ1) is 24.0. The van der Waals surface area contributed by atoms with Crippen LogP contribution in [0.3, 0.4) is 0 Å². The topological polar surface area (TPSA) is 67.9 Å². The second-order valence-corrected chi connectivity index (χ2v) is 7.93. The van der Waals surface area contributed by atoms with Crippen LogP contribution in [0.4, 0.5) is 5.69 Å². The molecule has 166 valence electrons. The quantitative estimate of drug-likeness (QED) is 0.633. The van der Waals surface area contributed by atoms with Gasteiger partial charge in [-0.25, -0.2) is 0 Å². The number of carbonyl (C=O) groups excluding carboxylic acids is 2. The van der Waals surface area contributed by atoms with Gasteiger partial charge in [0.15, 0.2) is 11.5 Å². The summed E-state index contributed by atoms with van der Waals surface area (Å²) < 4.78 is 11.1. The zero-order chi connectivity index (χ0) is 23.1. The Balaban J connectivity index is 2.00. The molecule has 2 aromatic carbocycles. The van der Waals surface area contributed by atoms with E-state index in [1.807, 2.05) is 58.9 Å². The van der Waals surface area contributed by atoms with Crippen LogP contribution >= 0.6 is 0 Å². The van der Waals surface area contributed by atoms with Gasteiger partial charge in [-0.3, -0.25) is 9.59 Å². The molecule has 0 aliphatic rings. The first-order valence-corrected chi connectivity index (χ1v) is 10.3. The maximum absolute atomic E-state index is 12.5. The number of benzene rings is 2. The van der Waals surface area contributed by atoms with E-state index in [0.717, 1.165) is 27.9 Å². The third kappa shape index (κ3) is 6.88. The van der Waals surface area contributed by atoms with E-state index in [1.165, 1.54) is 11.0 Å². The summed E-state index contributed by atoms with van der Waals surface area (Å²) in [7, 11) is 3.17. The summed E-state index contributed by atoms with van der Waals surface area (Å²) in [5.74, 6) is 0.737. The van der Waals surface area contributed by atoms with Gasteiger partial charge in [0, 0.05) is 18.8 Å². The zero-order valence-corrected chi connectivity index (χ0v) is 19.4. The van der Waals surface area contributed by atoms with E-state index in [1.54, 1.807) is 26.3 Å². The first-order chi connectivity index (χ1) is 14.6. The summed E-state index contributed by atoms with van der Waals surface area (Å²) >= 11 is 0. The van der Waals surface area contributed by atoms with Crippen molar-refractivity contribution in [3.05, 3.63) is 58.7 Å². The van der Waals surface area contributed by atoms with Gasteiger partial charge in [0.1, 0.15) is 0 Å². The lowest BCUT2D eigenvalue weighted by atomic mass is 10.1. The molecule has 0 fully saturated rings. The minimum atomic E-state index is -0.269. The highest BCUT2D eigenvalue weighted by Crippen LogP contribution is 2.29. The van der Waals surface area contributed by atoms with E-state index >= 15 is 0 Å². The molecule has 0 aromatic heterocycles. The summed E-state index contributed by atoms with van der Waals surface area (Å²) in [6.45, 7) is 9.78. The van der Waals surface area contributed by atoms with E-state index in [9.17, 15) is 9.59 Å². The van der Waals surface area contributed by atoms with E-state index in [-0.39, 0.29) is 24.5 Å². The molecule has 0 atom stereocenters. The molecule has 31 heavy (non-hydrogen) atoms. The molecule has 2 rings (SSSR count). The second kappa shape index (κ2) is 10.7. The van der Waals surface area contributed by atoms with Gasteiger partial charge in [-0.15, -0.1) is 0 Å². The van der Waals surface area contributed by atoms with Crippen molar-refractivity contribution in [1.82, 2.24) is 4.90 Å². The van der Waals surface area contributed by atoms with Gasteiger partial charge < -0.3 is 19.7 Å². The van der Waals surface area contributed by atoms with Crippen LogP contribution in [0.25, 0.3) is 6.08 Å². The minimum absolute atomic E-state index is 0.0316. The molecule has 0 bridgehead atoms. The number of carbonyl (C=O) groups is 2. The Kier molecular flexibility index (Phi) is 8.25. The van der Waals surface area contributed by atoms with Crippen LogP contribution in [0.5, 0.6) is 11.5 Å². The van der Waals surface area contributed by atoms with Crippen molar-refractivity contribution in [1.29, 1.82) is 0 Å². The molecule has 0 aliphatic heterocycles. The maximum Gasteiger partial charge on any atom is 0.246 e. The van der Waals surface area contributed by atoms with Crippen LogP contribution in [-0.4, -0.2) is 43.5 Å². The average molecular weight is 425 g/mol. The van der Waals surface area contributed by atoms with Crippen LogP contribution in [0.1, 0.15) is 36.1 Å². The van der Waals surface area contributed by atoms with Crippen LogP contribution in [0.2, 0.25) is 0 Å². The number of amides is 2. The number of methoxy groups -OCH3 is 1. The van der Waals surface area contributed by atoms with Gasteiger partial charge in [0.2, 0.25) is 11.8 Å². The van der Waals surface area contributed by atoms with Crippen molar-refractivity contribution in [2.24, 2.45) is 0 Å². The predicted molar refractivity (Wildman–Crippen MR) is 125 cm³/mol. The van der Waals surface area contributed by atoms with Gasteiger partial charge in [-0.05, 0) is 69.5 Å². The van der Waals surface area contributed by atoms with Crippen molar-refractivity contribution in [3.8, 4) is 11.5 Å². The monoisotopic (exact) mass is 424 g/mol. The summed E-state index contributed by atoms with van der Waals surface area (Å²) in [5, 5.41) is 2.91. The van der Waals surface area contributed by atoms with Crippen molar-refractivity contribution >= 4 is 23.6 Å². The molecular formula is C25H32N2O4. The molecule has 1 N–H and O–H groups in total. The molecular weight excluding hydrogens is 392 g/mol. The fraction of sp³-hybridized carbons (Fsp3) is 0.360. The zero-order valence-electron chi connectivity index (χ0n) is 19.4. The van der Waals surface area contributed by atoms with Crippen molar-refractivity contribution in [3.63, 3.8) is 0 Å². The summed E-state index contributed by atoms with van der Waals surface area (Å²) in [6, 6.07) is 9.50. The number of likely N-dealkylation sites (N-methyl/N-ethyl adjacent to an activating group) is 1. The summed E-state index contributed by atoms with van der Waals surface area (Å²) in [4.78, 5) is 26.3. The number of anilines is 1. The van der Waals surface area contributed by atoms with Gasteiger partial charge in [-0.1, -0.05) is 23.8 Å². The number of nitrogens with zero attached hydrogens (tertiary/aromatic N) is 1. The van der Waals surface area contributed by atoms with E-state index < -0.39 is 0 Å². The molecule has 6 heteroatoms. The van der Waals surface area contributed by atoms with Gasteiger partial charge >= 0.3 is 0 Å². The van der Waals surface area contributed by atoms with Gasteiger partial charge in [-0.2, -0.15) is 0 Å². The summed E-state index contributed by atoms with van der Waals surface area (Å²) in [6.07, 6.45) is 3.16. The number of hydrogen-bond donors (Lipinski definition) is 1. The van der Waals surface area contributed by atoms with E-state index in [0.29, 0.717) is 11.5 Å². The van der Waals surface area contributed by atoms with Crippen LogP contribution in [0, 0.1) is 20.8 Å². The molecule has 0 unspecified atom stereocenters. The molecule has 0 saturated carbocycles. The average Bonchev–Trinajstić information content (AvgIpc) is 2.69. The number of hydrogen-bond acceptors (Lipinski definition) is 4. The Morgan fingerprint density at radius 1 is 1.06 bits per heavy atom. The van der Waals surface area contributed by atoms with Crippen molar-refractivity contribution in [2.75, 3.05) is 26.0 Å². The second-order valence-electron chi connectivity index (χ2n) is 7.93. The van der Waals surface area contributed by atoms with E-state index in [4.69, 9.17) is 9.47 Å². The van der Waals surface area contributed by atoms with Crippen LogP contribution < -0.4 is 14.8 Å². The third-order valence-electron chi connectivity index (χ3n) is 4.67. The third-order valence-corrected chi connectivity index (χ3v) is 4.67. The molecule has 2 amide bonds. The first-order valence-electron chi connectivity index (χ1n) is 10.3. The van der Waals surface area contributed by atoms with E-state index in [2.05, 4.69) is 5.32 Å². The highest BCUT2D eigenvalue weighted by atomic mass is 16.5. The van der Waals surface area contributed by atoms with Gasteiger partial charge in [0.05, 0.1) is 19.8 Å². The SMILES string of the molecule is COc1cc(/C=C/C(=O)N(C)CC(=O)Nc2c(C)cc(C)cc2C)ccc1OC(C)C. The Morgan fingerprint density at radius 2 is 1.71 bits per heavy atom. The number of aryl methyl sites for hydroxylation is 3. The standard InChI is InChI=1S/C25H32N2O4/c1-16(2)31-21-10-8-20(14-22(21)30-7)9-11-24(29)27(6)15-23(28)26-25-18(4)12-17(3)13-19(25)5/h8-14,16H,15H2,1-7H3,(H,26,28)/b11-9+. The Bertz CT molecular complexity index is 956. The number of rotatable bonds is 8. The smallest absolute Gasteiger partial charge is 0.246 e. The number of nitrogens with one attached hydrogen (secondary N) is 1. The molecule has 6 nitrogen and oxygen atoms in total. The fourth-order valence-electron chi connectivity index (χ4n) is 3.28. The molecule has 0 heterocycles. The lowest BCUT2D eigenvalue weighted by Gasteiger charge is -2.17. The molecule has 0 spiro atoms. The molecule has 2 aromatic rings. The largest absolute Gasteiger partial charge is 0.493 e. The maximum atomic E-state index is 12.5. The molecule has 0 saturated heterocycles. The highest BCUT2D eigenvalue weighted by Gasteiger charge is 2.13. The van der Waals surface area contributed by atoms with Gasteiger partial charge in [0.25, 0.3) is 0 Å². The molecule has 0 radical (unpaired) electrons. The molecule has 0 aliphatic carbocycles. The fourth-order valence-corrected chi connectivity index (χ4v) is 3.28. The minimum Gasteiger partial charge on any atom is -0.493 e. The summed E-state index contributed by atoms with van der Waals surface area (Å²) in [5.41, 5.74) is 4.73. The van der Waals surface area contributed by atoms with Crippen molar-refractivity contribution in [2.45, 2.75) is 40.7 Å². The van der Waals surface area contributed by atoms with Crippen LogP contribution in [0.15, 0.2) is 36.4 Å². The number of ether oxygens (including phenoxy) is 2. The lowest BCUT2D eigenvalue weighted by Crippen LogP contribution is -2.34. The Labute approximate surface area is 184 Å². The Morgan fingerprint density at radius 3 is 2.29 bits per heavy atom. The lowest BCUT2D eigenvalue weighted by molar-refractivity contribution is -0.129.